The molecule has 0 radical (unpaired) electrons. The van der Waals surface area contributed by atoms with Crippen molar-refractivity contribution in [3.8, 4) is 0 Å². The number of anilines is 2. The summed E-state index contributed by atoms with van der Waals surface area (Å²) in [5.41, 5.74) is 2.62. The van der Waals surface area contributed by atoms with E-state index in [4.69, 9.17) is 23.2 Å². The first-order valence-corrected chi connectivity index (χ1v) is 7.36. The maximum atomic E-state index is 11.8. The van der Waals surface area contributed by atoms with Gasteiger partial charge in [-0.15, -0.1) is 0 Å². The molecule has 0 atom stereocenters. The Morgan fingerprint density at radius 2 is 1.90 bits per heavy atom. The minimum absolute atomic E-state index is 0.0653. The Balaban J connectivity index is 1.83. The monoisotopic (exact) mass is 322 g/mol. The Hall–Kier alpha value is -1.71. The molecule has 0 aliphatic rings. The Morgan fingerprint density at radius 3 is 2.67 bits per heavy atom. The van der Waals surface area contributed by atoms with Gasteiger partial charge in [-0.1, -0.05) is 35.3 Å². The zero-order valence-corrected chi connectivity index (χ0v) is 13.1. The van der Waals surface area contributed by atoms with E-state index in [1.807, 2.05) is 25.1 Å². The molecule has 1 amide bonds. The quantitative estimate of drug-likeness (QED) is 0.834. The lowest BCUT2D eigenvalue weighted by molar-refractivity contribution is -0.115. The van der Waals surface area contributed by atoms with Crippen molar-refractivity contribution in [2.24, 2.45) is 0 Å². The molecule has 3 nitrogen and oxygen atoms in total. The molecular weight excluding hydrogens is 307 g/mol. The summed E-state index contributed by atoms with van der Waals surface area (Å²) in [4.78, 5) is 11.8. The van der Waals surface area contributed by atoms with E-state index >= 15 is 0 Å². The zero-order chi connectivity index (χ0) is 15.2. The molecule has 2 aromatic rings. The van der Waals surface area contributed by atoms with Crippen molar-refractivity contribution < 1.29 is 4.79 Å². The lowest BCUT2D eigenvalue weighted by atomic mass is 10.2. The molecule has 0 saturated heterocycles. The molecule has 0 aliphatic carbocycles. The topological polar surface area (TPSA) is 41.1 Å². The van der Waals surface area contributed by atoms with Crippen molar-refractivity contribution in [2.75, 3.05) is 17.2 Å². The highest BCUT2D eigenvalue weighted by Gasteiger charge is 2.05. The summed E-state index contributed by atoms with van der Waals surface area (Å²) < 4.78 is 0. The number of carbonyl (C=O) groups excluding carboxylic acids is 1. The summed E-state index contributed by atoms with van der Waals surface area (Å²) in [6.07, 6.45) is 0.360. The molecule has 0 aliphatic heterocycles. The molecule has 0 aromatic heterocycles. The first-order valence-electron chi connectivity index (χ1n) is 6.60. The van der Waals surface area contributed by atoms with Gasteiger partial charge < -0.3 is 10.6 Å². The minimum Gasteiger partial charge on any atom is -0.384 e. The fourth-order valence-electron chi connectivity index (χ4n) is 1.90. The van der Waals surface area contributed by atoms with E-state index in [0.717, 1.165) is 11.3 Å². The van der Waals surface area contributed by atoms with E-state index < -0.39 is 0 Å². The van der Waals surface area contributed by atoms with Crippen LogP contribution in [0.4, 0.5) is 11.4 Å². The standard InChI is InChI=1S/C16H16Cl2N2O/c1-11-14(18)6-3-7-15(11)19-9-8-16(21)20-13-5-2-4-12(17)10-13/h2-7,10,19H,8-9H2,1H3,(H,20,21). The number of benzene rings is 2. The first-order chi connectivity index (χ1) is 10.1. The zero-order valence-electron chi connectivity index (χ0n) is 11.6. The van der Waals surface area contributed by atoms with Gasteiger partial charge in [0.25, 0.3) is 0 Å². The molecule has 0 unspecified atom stereocenters. The number of carbonyl (C=O) groups is 1. The van der Waals surface area contributed by atoms with Crippen LogP contribution in [0.3, 0.4) is 0 Å². The normalized spacial score (nSPS) is 10.2. The second-order valence-corrected chi connectivity index (χ2v) is 5.49. The molecule has 5 heteroatoms. The summed E-state index contributed by atoms with van der Waals surface area (Å²) >= 11 is 11.9. The lowest BCUT2D eigenvalue weighted by Crippen LogP contribution is -2.16. The van der Waals surface area contributed by atoms with Gasteiger partial charge in [-0.3, -0.25) is 4.79 Å². The second kappa shape index (κ2) is 7.34. The van der Waals surface area contributed by atoms with Gasteiger partial charge in [0.1, 0.15) is 0 Å². The van der Waals surface area contributed by atoms with E-state index in [-0.39, 0.29) is 5.91 Å². The number of hydrogen-bond acceptors (Lipinski definition) is 2. The smallest absolute Gasteiger partial charge is 0.226 e. The van der Waals surface area contributed by atoms with Crippen LogP contribution in [0, 0.1) is 6.92 Å². The Bertz CT molecular complexity index is 644. The lowest BCUT2D eigenvalue weighted by Gasteiger charge is -2.10. The number of hydrogen-bond donors (Lipinski definition) is 2. The average molecular weight is 323 g/mol. The average Bonchev–Trinajstić information content (AvgIpc) is 2.43. The summed E-state index contributed by atoms with van der Waals surface area (Å²) in [7, 11) is 0. The number of amides is 1. The van der Waals surface area contributed by atoms with Crippen molar-refractivity contribution in [1.29, 1.82) is 0 Å². The Kier molecular flexibility index (Phi) is 5.48. The molecule has 0 bridgehead atoms. The number of rotatable bonds is 5. The van der Waals surface area contributed by atoms with Crippen molar-refractivity contribution in [1.82, 2.24) is 0 Å². The largest absolute Gasteiger partial charge is 0.384 e. The maximum Gasteiger partial charge on any atom is 0.226 e. The molecule has 0 saturated carbocycles. The molecule has 0 heterocycles. The third kappa shape index (κ3) is 4.66. The summed E-state index contributed by atoms with van der Waals surface area (Å²) in [5, 5.41) is 7.33. The summed E-state index contributed by atoms with van der Waals surface area (Å²) in [6, 6.07) is 12.7. The fourth-order valence-corrected chi connectivity index (χ4v) is 2.26. The van der Waals surface area contributed by atoms with Crippen LogP contribution in [0.15, 0.2) is 42.5 Å². The molecule has 2 rings (SSSR count). The van der Waals surface area contributed by atoms with E-state index in [0.29, 0.717) is 28.7 Å². The van der Waals surface area contributed by atoms with Crippen LogP contribution in [0.5, 0.6) is 0 Å². The van der Waals surface area contributed by atoms with Crippen molar-refractivity contribution in [3.63, 3.8) is 0 Å². The molecule has 110 valence electrons. The van der Waals surface area contributed by atoms with Gasteiger partial charge in [-0.25, -0.2) is 0 Å². The van der Waals surface area contributed by atoms with Gasteiger partial charge in [-0.2, -0.15) is 0 Å². The van der Waals surface area contributed by atoms with E-state index in [9.17, 15) is 4.79 Å². The number of halogens is 2. The predicted molar refractivity (Wildman–Crippen MR) is 89.4 cm³/mol. The van der Waals surface area contributed by atoms with Gasteiger partial charge in [-0.05, 0) is 42.8 Å². The van der Waals surface area contributed by atoms with Crippen LogP contribution in [0.2, 0.25) is 10.0 Å². The Morgan fingerprint density at radius 1 is 1.14 bits per heavy atom. The van der Waals surface area contributed by atoms with Crippen LogP contribution in [-0.4, -0.2) is 12.5 Å². The molecule has 0 fully saturated rings. The van der Waals surface area contributed by atoms with Gasteiger partial charge in [0.15, 0.2) is 0 Å². The van der Waals surface area contributed by atoms with E-state index in [1.165, 1.54) is 0 Å². The van der Waals surface area contributed by atoms with Crippen LogP contribution >= 0.6 is 23.2 Å². The SMILES string of the molecule is Cc1c(Cl)cccc1NCCC(=O)Nc1cccc(Cl)c1. The summed E-state index contributed by atoms with van der Waals surface area (Å²) in [5.74, 6) is -0.0653. The van der Waals surface area contributed by atoms with Crippen LogP contribution < -0.4 is 10.6 Å². The highest BCUT2D eigenvalue weighted by Crippen LogP contribution is 2.22. The van der Waals surface area contributed by atoms with Crippen molar-refractivity contribution >= 4 is 40.5 Å². The number of nitrogens with one attached hydrogen (secondary N) is 2. The minimum atomic E-state index is -0.0653. The van der Waals surface area contributed by atoms with Crippen LogP contribution in [0.1, 0.15) is 12.0 Å². The van der Waals surface area contributed by atoms with E-state index in [2.05, 4.69) is 10.6 Å². The predicted octanol–water partition coefficient (Wildman–Crippen LogP) is 4.74. The van der Waals surface area contributed by atoms with Gasteiger partial charge >= 0.3 is 0 Å². The Labute approximate surface area is 134 Å². The van der Waals surface area contributed by atoms with Gasteiger partial charge in [0.05, 0.1) is 0 Å². The van der Waals surface area contributed by atoms with Crippen molar-refractivity contribution in [2.45, 2.75) is 13.3 Å². The molecule has 2 N–H and O–H groups in total. The third-order valence-corrected chi connectivity index (χ3v) is 3.69. The molecule has 21 heavy (non-hydrogen) atoms. The van der Waals surface area contributed by atoms with E-state index in [1.54, 1.807) is 24.3 Å². The van der Waals surface area contributed by atoms with Crippen LogP contribution in [0.25, 0.3) is 0 Å². The van der Waals surface area contributed by atoms with Crippen molar-refractivity contribution in [3.05, 3.63) is 58.1 Å². The highest BCUT2D eigenvalue weighted by molar-refractivity contribution is 6.31. The molecule has 2 aromatic carbocycles. The fraction of sp³-hybridized carbons (Fsp3) is 0.188. The van der Waals surface area contributed by atoms with Crippen LogP contribution in [-0.2, 0) is 4.79 Å². The third-order valence-electron chi connectivity index (χ3n) is 3.04. The van der Waals surface area contributed by atoms with Gasteiger partial charge in [0, 0.05) is 34.4 Å². The molecular formula is C16H16Cl2N2O. The second-order valence-electron chi connectivity index (χ2n) is 4.65. The first kappa shape index (κ1) is 15.7. The summed E-state index contributed by atoms with van der Waals surface area (Å²) in [6.45, 7) is 2.48. The highest BCUT2D eigenvalue weighted by atomic mass is 35.5. The maximum absolute atomic E-state index is 11.8. The molecule has 0 spiro atoms. The van der Waals surface area contributed by atoms with Gasteiger partial charge in [0.2, 0.25) is 5.91 Å².